The molecule has 4 aromatic rings. The van der Waals surface area contributed by atoms with Crippen LogP contribution in [0.5, 0.6) is 5.75 Å². The highest BCUT2D eigenvalue weighted by atomic mass is 35.5. The second-order valence-electron chi connectivity index (χ2n) is 8.44. The van der Waals surface area contributed by atoms with E-state index >= 15 is 0 Å². The summed E-state index contributed by atoms with van der Waals surface area (Å²) in [5.41, 5.74) is 5.28. The van der Waals surface area contributed by atoms with Gasteiger partial charge in [-0.3, -0.25) is 9.10 Å². The van der Waals surface area contributed by atoms with E-state index in [1.54, 1.807) is 104 Å². The molecule has 0 aromatic heterocycles. The summed E-state index contributed by atoms with van der Waals surface area (Å²) in [7, 11) is -2.46. The van der Waals surface area contributed by atoms with Gasteiger partial charge in [-0.2, -0.15) is 5.10 Å². The number of hydrazone groups is 1. The van der Waals surface area contributed by atoms with Crippen molar-refractivity contribution in [2.45, 2.75) is 18.4 Å². The van der Waals surface area contributed by atoms with Crippen molar-refractivity contribution in [2.24, 2.45) is 5.10 Å². The Morgan fingerprint density at radius 3 is 2.26 bits per heavy atom. The van der Waals surface area contributed by atoms with E-state index in [2.05, 4.69) is 10.5 Å². The van der Waals surface area contributed by atoms with E-state index in [9.17, 15) is 13.2 Å². The van der Waals surface area contributed by atoms with E-state index in [1.807, 2.05) is 6.92 Å². The molecule has 194 valence electrons. The highest BCUT2D eigenvalue weighted by Gasteiger charge is 2.28. The topological polar surface area (TPSA) is 88.1 Å². The number of sulfonamides is 1. The Balaban J connectivity index is 1.68. The largest absolute Gasteiger partial charge is 0.497 e. The first-order valence-corrected chi connectivity index (χ1v) is 13.5. The van der Waals surface area contributed by atoms with Gasteiger partial charge < -0.3 is 4.74 Å². The van der Waals surface area contributed by atoms with Crippen LogP contribution in [0.4, 0.5) is 5.69 Å². The van der Waals surface area contributed by atoms with Crippen molar-refractivity contribution in [1.29, 1.82) is 0 Å². The maximum absolute atomic E-state index is 13.9. The number of nitrogens with zero attached hydrogens (tertiary/aromatic N) is 2. The predicted molar refractivity (Wildman–Crippen MR) is 150 cm³/mol. The van der Waals surface area contributed by atoms with Gasteiger partial charge in [-0.25, -0.2) is 13.8 Å². The molecule has 38 heavy (non-hydrogen) atoms. The lowest BCUT2D eigenvalue weighted by Crippen LogP contribution is -2.33. The van der Waals surface area contributed by atoms with Crippen LogP contribution in [0.25, 0.3) is 0 Å². The fourth-order valence-corrected chi connectivity index (χ4v) is 5.29. The summed E-state index contributed by atoms with van der Waals surface area (Å²) in [6, 6.07) is 27.2. The van der Waals surface area contributed by atoms with Crippen molar-refractivity contribution in [2.75, 3.05) is 11.4 Å². The molecule has 0 aliphatic carbocycles. The molecule has 1 N–H and O–H groups in total. The summed E-state index contributed by atoms with van der Waals surface area (Å²) in [6.07, 6.45) is 1.49. The Labute approximate surface area is 227 Å². The molecule has 0 atom stereocenters. The standard InChI is InChI=1S/C29H26ClN3O4S/c1-21-7-17-26(18-8-21)38(35,36)33(20-23-9-13-24(30)14-10-23)28-6-4-3-5-27(28)29(34)32-31-19-22-11-15-25(37-2)16-12-22/h3-19H,20H2,1-2H3,(H,32,34)/b31-19+. The molecule has 0 radical (unpaired) electrons. The van der Waals surface area contributed by atoms with E-state index < -0.39 is 15.9 Å². The van der Waals surface area contributed by atoms with Crippen LogP contribution in [0.2, 0.25) is 5.02 Å². The minimum atomic E-state index is -4.04. The zero-order valence-corrected chi connectivity index (χ0v) is 22.4. The zero-order valence-electron chi connectivity index (χ0n) is 20.8. The van der Waals surface area contributed by atoms with Gasteiger partial charge in [0.15, 0.2) is 0 Å². The molecule has 4 aromatic carbocycles. The van der Waals surface area contributed by atoms with Gasteiger partial charge in [0, 0.05) is 5.02 Å². The second kappa shape index (κ2) is 11.9. The fraction of sp³-hybridized carbons (Fsp3) is 0.103. The van der Waals surface area contributed by atoms with Crippen molar-refractivity contribution in [3.05, 3.63) is 124 Å². The molecule has 0 saturated heterocycles. The lowest BCUT2D eigenvalue weighted by Gasteiger charge is -2.26. The summed E-state index contributed by atoms with van der Waals surface area (Å²) in [5, 5.41) is 4.59. The number of methoxy groups -OCH3 is 1. The number of hydrogen-bond donors (Lipinski definition) is 1. The Morgan fingerprint density at radius 2 is 1.61 bits per heavy atom. The van der Waals surface area contributed by atoms with Crippen molar-refractivity contribution in [3.8, 4) is 5.75 Å². The SMILES string of the molecule is COc1ccc(/C=N/NC(=O)c2ccccc2N(Cc2ccc(Cl)cc2)S(=O)(=O)c2ccc(C)cc2)cc1. The Bertz CT molecular complexity index is 1540. The number of benzene rings is 4. The lowest BCUT2D eigenvalue weighted by atomic mass is 10.1. The van der Waals surface area contributed by atoms with Gasteiger partial charge in [-0.1, -0.05) is 53.6 Å². The monoisotopic (exact) mass is 547 g/mol. The number of aryl methyl sites for hydroxylation is 1. The smallest absolute Gasteiger partial charge is 0.273 e. The molecule has 0 fully saturated rings. The summed E-state index contributed by atoms with van der Waals surface area (Å²) in [6.45, 7) is 1.88. The average Bonchev–Trinajstić information content (AvgIpc) is 2.93. The molecular weight excluding hydrogens is 522 g/mol. The van der Waals surface area contributed by atoms with Gasteiger partial charge in [0.2, 0.25) is 0 Å². The van der Waals surface area contributed by atoms with E-state index in [-0.39, 0.29) is 22.7 Å². The molecule has 0 heterocycles. The molecule has 0 aliphatic heterocycles. The lowest BCUT2D eigenvalue weighted by molar-refractivity contribution is 0.0955. The quantitative estimate of drug-likeness (QED) is 0.211. The van der Waals surface area contributed by atoms with Gasteiger partial charge in [-0.15, -0.1) is 0 Å². The average molecular weight is 548 g/mol. The van der Waals surface area contributed by atoms with Crippen molar-refractivity contribution < 1.29 is 17.9 Å². The summed E-state index contributed by atoms with van der Waals surface area (Å²) in [5.74, 6) is 0.154. The van der Waals surface area contributed by atoms with Crippen LogP contribution < -0.4 is 14.5 Å². The first-order chi connectivity index (χ1) is 18.3. The molecule has 4 rings (SSSR count). The van der Waals surface area contributed by atoms with Gasteiger partial charge in [0.05, 0.1) is 36.0 Å². The number of halogens is 1. The minimum Gasteiger partial charge on any atom is -0.497 e. The first kappa shape index (κ1) is 26.9. The number of rotatable bonds is 9. The highest BCUT2D eigenvalue weighted by Crippen LogP contribution is 2.30. The van der Waals surface area contributed by atoms with E-state index in [0.29, 0.717) is 16.3 Å². The molecule has 1 amide bonds. The maximum Gasteiger partial charge on any atom is 0.273 e. The number of amides is 1. The van der Waals surface area contributed by atoms with Gasteiger partial charge in [0.1, 0.15) is 5.75 Å². The van der Waals surface area contributed by atoms with E-state index in [0.717, 1.165) is 11.1 Å². The van der Waals surface area contributed by atoms with Crippen LogP contribution >= 0.6 is 11.6 Å². The third-order valence-corrected chi connectivity index (χ3v) is 7.79. The van der Waals surface area contributed by atoms with Gasteiger partial charge in [0.25, 0.3) is 15.9 Å². The van der Waals surface area contributed by atoms with Crippen molar-refractivity contribution in [1.82, 2.24) is 5.43 Å². The number of ether oxygens (including phenoxy) is 1. The molecule has 0 spiro atoms. The van der Waals surface area contributed by atoms with Gasteiger partial charge in [-0.05, 0) is 78.7 Å². The molecule has 0 saturated carbocycles. The summed E-state index contributed by atoms with van der Waals surface area (Å²) in [4.78, 5) is 13.3. The molecule has 9 heteroatoms. The van der Waals surface area contributed by atoms with Crippen LogP contribution in [0.3, 0.4) is 0 Å². The number of anilines is 1. The molecule has 0 aliphatic rings. The van der Waals surface area contributed by atoms with Crippen molar-refractivity contribution >= 4 is 39.4 Å². The van der Waals surface area contributed by atoms with Crippen LogP contribution in [-0.2, 0) is 16.6 Å². The van der Waals surface area contributed by atoms with Crippen LogP contribution in [0.15, 0.2) is 107 Å². The molecule has 7 nitrogen and oxygen atoms in total. The minimum absolute atomic E-state index is 0.00715. The third kappa shape index (κ3) is 6.40. The van der Waals surface area contributed by atoms with E-state index in [1.165, 1.54) is 10.5 Å². The second-order valence-corrected chi connectivity index (χ2v) is 10.7. The Hall–Kier alpha value is -4.14. The zero-order chi connectivity index (χ0) is 27.1. The summed E-state index contributed by atoms with van der Waals surface area (Å²) >= 11 is 6.04. The molecular formula is C29H26ClN3O4S. The first-order valence-electron chi connectivity index (χ1n) is 11.7. The Morgan fingerprint density at radius 1 is 0.947 bits per heavy atom. The third-order valence-electron chi connectivity index (χ3n) is 5.76. The maximum atomic E-state index is 13.9. The molecule has 0 bridgehead atoms. The van der Waals surface area contributed by atoms with Crippen LogP contribution in [0.1, 0.15) is 27.0 Å². The van der Waals surface area contributed by atoms with Crippen LogP contribution in [0, 0.1) is 6.92 Å². The number of carbonyl (C=O) groups excluding carboxylic acids is 1. The number of para-hydroxylation sites is 1. The number of nitrogens with one attached hydrogen (secondary N) is 1. The number of carbonyl (C=O) groups is 1. The highest BCUT2D eigenvalue weighted by molar-refractivity contribution is 7.92. The molecule has 0 unspecified atom stereocenters. The van der Waals surface area contributed by atoms with Crippen LogP contribution in [-0.4, -0.2) is 27.6 Å². The summed E-state index contributed by atoms with van der Waals surface area (Å²) < 4.78 is 34.1. The fourth-order valence-electron chi connectivity index (χ4n) is 3.69. The van der Waals surface area contributed by atoms with Gasteiger partial charge >= 0.3 is 0 Å². The van der Waals surface area contributed by atoms with Crippen molar-refractivity contribution in [3.63, 3.8) is 0 Å². The number of hydrogen-bond acceptors (Lipinski definition) is 5. The Kier molecular flexibility index (Phi) is 8.45. The van der Waals surface area contributed by atoms with E-state index in [4.69, 9.17) is 16.3 Å². The normalized spacial score (nSPS) is 11.3. The predicted octanol–water partition coefficient (Wildman–Crippen LogP) is 5.82.